The van der Waals surface area contributed by atoms with Gasteiger partial charge in [0.25, 0.3) is 0 Å². The lowest BCUT2D eigenvalue weighted by atomic mass is 9.94. The lowest BCUT2D eigenvalue weighted by molar-refractivity contribution is -1.07. The van der Waals surface area contributed by atoms with E-state index in [1.165, 1.54) is 6.92 Å². The molecule has 0 saturated heterocycles. The van der Waals surface area contributed by atoms with Gasteiger partial charge >= 0.3 is 0 Å². The van der Waals surface area contributed by atoms with Crippen LogP contribution in [0.4, 0.5) is 0 Å². The third-order valence-corrected chi connectivity index (χ3v) is 3.69. The molecule has 0 saturated carbocycles. The van der Waals surface area contributed by atoms with E-state index in [0.29, 0.717) is 30.5 Å². The molecule has 0 amide bonds. The van der Waals surface area contributed by atoms with Crippen LogP contribution in [0.5, 0.6) is 0 Å². The van der Waals surface area contributed by atoms with Gasteiger partial charge in [0, 0.05) is 29.4 Å². The summed E-state index contributed by atoms with van der Waals surface area (Å²) in [4.78, 5) is 24.4. The lowest BCUT2D eigenvalue weighted by Gasteiger charge is -2.19. The third-order valence-electron chi connectivity index (χ3n) is 3.69. The number of ketones is 2. The maximum Gasteiger partial charge on any atom is 0.163 e. The number of rotatable bonds is 6. The molecule has 0 aromatic heterocycles. The molecule has 2 rings (SSSR count). The Morgan fingerprint density at radius 3 is 2.04 bits per heavy atom. The standard InChI is InChI=1S/C18H22NO3.C2H6/c1-13(20)15-9-4-7-14-8-5-10-16(18(14)15)17(21)11-6-12-19(2,3)22;1-2/h4-5,7-10,22H,6,11-12H2,1-3H3;1-2H3/q+1;. The number of hydrogen-bond donors (Lipinski definition) is 1. The van der Waals surface area contributed by atoms with Crippen LogP contribution in [-0.4, -0.2) is 42.1 Å². The van der Waals surface area contributed by atoms with Gasteiger partial charge in [-0.05, 0) is 12.3 Å². The number of Topliss-reactive ketones (excluding diaryl/α,β-unsaturated/α-hetero) is 2. The van der Waals surface area contributed by atoms with E-state index in [-0.39, 0.29) is 16.2 Å². The number of benzene rings is 2. The van der Waals surface area contributed by atoms with Crippen LogP contribution in [0.3, 0.4) is 0 Å². The van der Waals surface area contributed by atoms with Gasteiger partial charge in [0.15, 0.2) is 11.6 Å². The topological polar surface area (TPSA) is 54.4 Å². The summed E-state index contributed by atoms with van der Waals surface area (Å²) in [5, 5.41) is 11.3. The second-order valence-corrected chi connectivity index (χ2v) is 6.14. The number of hydroxylamine groups is 3. The van der Waals surface area contributed by atoms with Crippen molar-refractivity contribution in [3.8, 4) is 0 Å². The molecule has 24 heavy (non-hydrogen) atoms. The fourth-order valence-electron chi connectivity index (χ4n) is 2.63. The zero-order valence-corrected chi connectivity index (χ0v) is 15.3. The van der Waals surface area contributed by atoms with Crippen molar-refractivity contribution in [2.75, 3.05) is 20.6 Å². The summed E-state index contributed by atoms with van der Waals surface area (Å²) in [6, 6.07) is 11.0. The van der Waals surface area contributed by atoms with Crippen LogP contribution in [-0.2, 0) is 0 Å². The predicted octanol–water partition coefficient (Wildman–Crippen LogP) is 4.50. The molecule has 0 aliphatic heterocycles. The van der Waals surface area contributed by atoms with E-state index in [1.807, 2.05) is 38.1 Å². The molecule has 0 bridgehead atoms. The van der Waals surface area contributed by atoms with Gasteiger partial charge in [-0.3, -0.25) is 9.59 Å². The Kier molecular flexibility index (Phi) is 7.26. The average molecular weight is 330 g/mol. The molecule has 1 N–H and O–H groups in total. The number of carbonyl (C=O) groups is 2. The molecule has 0 fully saturated rings. The van der Waals surface area contributed by atoms with E-state index < -0.39 is 0 Å². The Hall–Kier alpha value is -2.04. The number of fused-ring (bicyclic) bond motifs is 1. The number of hydrogen-bond acceptors (Lipinski definition) is 3. The Morgan fingerprint density at radius 1 is 1.00 bits per heavy atom. The number of carbonyl (C=O) groups excluding carboxylic acids is 2. The Morgan fingerprint density at radius 2 is 1.54 bits per heavy atom. The van der Waals surface area contributed by atoms with Gasteiger partial charge in [-0.1, -0.05) is 50.2 Å². The van der Waals surface area contributed by atoms with Crippen molar-refractivity contribution < 1.29 is 19.4 Å². The summed E-state index contributed by atoms with van der Waals surface area (Å²) >= 11 is 0. The average Bonchev–Trinajstić information content (AvgIpc) is 2.54. The van der Waals surface area contributed by atoms with Crippen molar-refractivity contribution in [1.82, 2.24) is 0 Å². The van der Waals surface area contributed by atoms with E-state index in [0.717, 1.165) is 10.8 Å². The molecule has 0 heterocycles. The summed E-state index contributed by atoms with van der Waals surface area (Å²) in [6.07, 6.45) is 0.953. The molecule has 0 aliphatic carbocycles. The zero-order chi connectivity index (χ0) is 18.3. The minimum atomic E-state index is -0.151. The Labute approximate surface area is 144 Å². The first-order valence-corrected chi connectivity index (χ1v) is 8.41. The first-order valence-electron chi connectivity index (χ1n) is 8.41. The van der Waals surface area contributed by atoms with Crippen LogP contribution in [0.15, 0.2) is 36.4 Å². The Balaban J connectivity index is 0.00000139. The van der Waals surface area contributed by atoms with Crippen LogP contribution in [0.1, 0.15) is 54.3 Å². The minimum Gasteiger partial charge on any atom is -0.294 e. The second-order valence-electron chi connectivity index (χ2n) is 6.14. The smallest absolute Gasteiger partial charge is 0.163 e. The van der Waals surface area contributed by atoms with E-state index >= 15 is 0 Å². The van der Waals surface area contributed by atoms with E-state index in [2.05, 4.69) is 0 Å². The van der Waals surface area contributed by atoms with Crippen LogP contribution in [0.2, 0.25) is 0 Å². The van der Waals surface area contributed by atoms with Crippen molar-refractivity contribution in [3.05, 3.63) is 47.5 Å². The van der Waals surface area contributed by atoms with Gasteiger partial charge in [-0.25, -0.2) is 5.21 Å². The lowest BCUT2D eigenvalue weighted by Crippen LogP contribution is -2.36. The summed E-state index contributed by atoms with van der Waals surface area (Å²) in [5.41, 5.74) is 1.17. The van der Waals surface area contributed by atoms with Gasteiger partial charge in [0.05, 0.1) is 14.1 Å². The normalized spacial score (nSPS) is 10.9. The van der Waals surface area contributed by atoms with Crippen LogP contribution in [0.25, 0.3) is 10.8 Å². The summed E-state index contributed by atoms with van der Waals surface area (Å²) in [7, 11) is 3.35. The number of quaternary nitrogens is 1. The van der Waals surface area contributed by atoms with E-state index in [9.17, 15) is 14.8 Å². The van der Waals surface area contributed by atoms with Crippen molar-refractivity contribution in [2.45, 2.75) is 33.6 Å². The maximum absolute atomic E-state index is 12.5. The van der Waals surface area contributed by atoms with Gasteiger partial charge in [-0.15, -0.1) is 0 Å². The first-order chi connectivity index (χ1) is 11.3. The molecule has 2 aromatic carbocycles. The second kappa shape index (κ2) is 8.71. The number of nitrogens with zero attached hydrogens (tertiary/aromatic N) is 1. The molecule has 0 unspecified atom stereocenters. The van der Waals surface area contributed by atoms with Crippen LogP contribution >= 0.6 is 0 Å². The summed E-state index contributed by atoms with van der Waals surface area (Å²) in [5.74, 6) is -0.0354. The predicted molar refractivity (Wildman–Crippen MR) is 97.6 cm³/mol. The van der Waals surface area contributed by atoms with Crippen LogP contribution in [0, 0.1) is 0 Å². The highest BCUT2D eigenvalue weighted by Gasteiger charge is 2.17. The molecule has 2 aromatic rings. The fourth-order valence-corrected chi connectivity index (χ4v) is 2.63. The van der Waals surface area contributed by atoms with Gasteiger partial charge < -0.3 is 0 Å². The third kappa shape index (κ3) is 5.25. The molecule has 4 heteroatoms. The molecular formula is C20H28NO3+. The van der Waals surface area contributed by atoms with Gasteiger partial charge in [-0.2, -0.15) is 4.65 Å². The van der Waals surface area contributed by atoms with Crippen molar-refractivity contribution in [3.63, 3.8) is 0 Å². The van der Waals surface area contributed by atoms with Gasteiger partial charge in [0.1, 0.15) is 6.54 Å². The summed E-state index contributed by atoms with van der Waals surface area (Å²) in [6.45, 7) is 6.03. The highest BCUT2D eigenvalue weighted by molar-refractivity contribution is 6.16. The molecule has 0 atom stereocenters. The SMILES string of the molecule is CC.CC(=O)c1cccc2cccc(C(=O)CCC[N+](C)(C)O)c12. The molecule has 0 aliphatic rings. The highest BCUT2D eigenvalue weighted by atomic mass is 16.5. The molecule has 0 spiro atoms. The molecule has 130 valence electrons. The quantitative estimate of drug-likeness (QED) is 0.482. The van der Waals surface area contributed by atoms with E-state index in [1.54, 1.807) is 26.2 Å². The van der Waals surface area contributed by atoms with E-state index in [4.69, 9.17) is 0 Å². The van der Waals surface area contributed by atoms with Gasteiger partial charge in [0.2, 0.25) is 0 Å². The molecule has 4 nitrogen and oxygen atoms in total. The molecule has 0 radical (unpaired) electrons. The zero-order valence-electron chi connectivity index (χ0n) is 15.3. The van der Waals surface area contributed by atoms with Crippen LogP contribution < -0.4 is 0 Å². The maximum atomic E-state index is 12.5. The molecular weight excluding hydrogens is 302 g/mol. The summed E-state index contributed by atoms with van der Waals surface area (Å²) < 4.78 is -0.151. The minimum absolute atomic E-state index is 0.00718. The largest absolute Gasteiger partial charge is 0.294 e. The fraction of sp³-hybridized carbons (Fsp3) is 0.400. The first kappa shape index (κ1) is 20.0. The highest BCUT2D eigenvalue weighted by Crippen LogP contribution is 2.25. The van der Waals surface area contributed by atoms with Crippen molar-refractivity contribution in [1.29, 1.82) is 0 Å². The Bertz CT molecular complexity index is 709. The van der Waals surface area contributed by atoms with Crippen molar-refractivity contribution in [2.24, 2.45) is 0 Å². The van der Waals surface area contributed by atoms with Crippen molar-refractivity contribution >= 4 is 22.3 Å². The monoisotopic (exact) mass is 330 g/mol.